The highest BCUT2D eigenvalue weighted by Gasteiger charge is 2.10. The summed E-state index contributed by atoms with van der Waals surface area (Å²) in [5.74, 6) is 0.772. The van der Waals surface area contributed by atoms with Gasteiger partial charge < -0.3 is 5.32 Å². The molecule has 3 aromatic carbocycles. The number of hydrogen-bond acceptors (Lipinski definition) is 4. The second kappa shape index (κ2) is 9.71. The lowest BCUT2D eigenvalue weighted by Crippen LogP contribution is -2.14. The molecule has 148 valence electrons. The molecular weight excluding hydrogens is 392 g/mol. The van der Waals surface area contributed by atoms with Crippen molar-refractivity contribution < 1.29 is 4.79 Å². The molecule has 0 spiro atoms. The van der Waals surface area contributed by atoms with Crippen molar-refractivity contribution in [1.29, 1.82) is 0 Å². The Balaban J connectivity index is 1.35. The van der Waals surface area contributed by atoms with E-state index in [0.29, 0.717) is 11.0 Å². The summed E-state index contributed by atoms with van der Waals surface area (Å²) in [4.78, 5) is 16.9. The van der Waals surface area contributed by atoms with E-state index in [-0.39, 0.29) is 11.7 Å². The van der Waals surface area contributed by atoms with Crippen LogP contribution in [-0.2, 0) is 4.79 Å². The third-order valence-electron chi connectivity index (χ3n) is 4.33. The van der Waals surface area contributed by atoms with Gasteiger partial charge >= 0.3 is 0 Å². The predicted molar refractivity (Wildman–Crippen MR) is 123 cm³/mol. The lowest BCUT2D eigenvalue weighted by Gasteiger charge is -2.10. The fourth-order valence-corrected chi connectivity index (χ4v) is 3.52. The number of benzene rings is 3. The van der Waals surface area contributed by atoms with Gasteiger partial charge in [-0.25, -0.2) is 4.98 Å². The molecule has 4 rings (SSSR count). The number of nitrogens with one attached hydrogen (secondary N) is 2. The molecular formula is C24H20N4OS. The van der Waals surface area contributed by atoms with Crippen LogP contribution in [0, 0.1) is 0 Å². The van der Waals surface area contributed by atoms with E-state index in [1.165, 1.54) is 11.8 Å². The first-order valence-corrected chi connectivity index (χ1v) is 10.5. The molecule has 0 saturated carbocycles. The molecule has 2 N–H and O–H groups in total. The molecule has 0 atom stereocenters. The lowest BCUT2D eigenvalue weighted by molar-refractivity contribution is -0.113. The average Bonchev–Trinajstić information content (AvgIpc) is 3.26. The van der Waals surface area contributed by atoms with Gasteiger partial charge in [-0.15, -0.1) is 5.10 Å². The Morgan fingerprint density at radius 2 is 1.60 bits per heavy atom. The Morgan fingerprint density at radius 1 is 0.900 bits per heavy atom. The molecule has 1 heterocycles. The van der Waals surface area contributed by atoms with Gasteiger partial charge in [-0.1, -0.05) is 96.7 Å². The molecule has 0 aliphatic heterocycles. The van der Waals surface area contributed by atoms with Gasteiger partial charge in [0.05, 0.1) is 5.75 Å². The van der Waals surface area contributed by atoms with Crippen molar-refractivity contribution in [3.05, 3.63) is 96.3 Å². The first-order valence-electron chi connectivity index (χ1n) is 9.50. The van der Waals surface area contributed by atoms with Gasteiger partial charge in [-0.3, -0.25) is 9.89 Å². The second-order valence-electron chi connectivity index (χ2n) is 6.50. The summed E-state index contributed by atoms with van der Waals surface area (Å²) in [6.07, 6.45) is 3.82. The van der Waals surface area contributed by atoms with Crippen molar-refractivity contribution in [2.45, 2.75) is 5.16 Å². The quantitative estimate of drug-likeness (QED) is 0.400. The SMILES string of the molecule is O=C(CSc1n[nH]c(/C=C/c2ccccc2)n1)Nc1ccccc1-c1ccccc1. The van der Waals surface area contributed by atoms with Crippen LogP contribution in [0.4, 0.5) is 5.69 Å². The Morgan fingerprint density at radius 3 is 2.40 bits per heavy atom. The topological polar surface area (TPSA) is 70.7 Å². The third-order valence-corrected chi connectivity index (χ3v) is 5.18. The number of para-hydroxylation sites is 1. The van der Waals surface area contributed by atoms with Gasteiger partial charge in [0.25, 0.3) is 0 Å². The van der Waals surface area contributed by atoms with Crippen LogP contribution in [0.2, 0.25) is 0 Å². The van der Waals surface area contributed by atoms with Crippen LogP contribution in [0.1, 0.15) is 11.4 Å². The number of amides is 1. The monoisotopic (exact) mass is 412 g/mol. The lowest BCUT2D eigenvalue weighted by atomic mass is 10.0. The van der Waals surface area contributed by atoms with E-state index in [1.807, 2.05) is 97.1 Å². The summed E-state index contributed by atoms with van der Waals surface area (Å²) in [5.41, 5.74) is 3.92. The van der Waals surface area contributed by atoms with Crippen LogP contribution in [0.15, 0.2) is 90.1 Å². The van der Waals surface area contributed by atoms with Crippen LogP contribution in [0.3, 0.4) is 0 Å². The minimum Gasteiger partial charge on any atom is -0.325 e. The fourth-order valence-electron chi connectivity index (χ4n) is 2.91. The molecule has 4 aromatic rings. The smallest absolute Gasteiger partial charge is 0.234 e. The Hall–Kier alpha value is -3.64. The van der Waals surface area contributed by atoms with Crippen LogP contribution in [0.5, 0.6) is 0 Å². The van der Waals surface area contributed by atoms with Crippen molar-refractivity contribution in [2.75, 3.05) is 11.1 Å². The third kappa shape index (κ3) is 5.24. The minimum absolute atomic E-state index is 0.102. The number of carbonyl (C=O) groups excluding carboxylic acids is 1. The summed E-state index contributed by atoms with van der Waals surface area (Å²) in [5, 5.41) is 10.6. The van der Waals surface area contributed by atoms with Crippen molar-refractivity contribution in [2.24, 2.45) is 0 Å². The number of aromatic amines is 1. The fraction of sp³-hybridized carbons (Fsp3) is 0.0417. The second-order valence-corrected chi connectivity index (χ2v) is 7.44. The summed E-state index contributed by atoms with van der Waals surface area (Å²) in [6.45, 7) is 0. The Labute approximate surface area is 179 Å². The molecule has 0 unspecified atom stereocenters. The number of hydrogen-bond donors (Lipinski definition) is 2. The summed E-state index contributed by atoms with van der Waals surface area (Å²) in [6, 6.07) is 27.7. The van der Waals surface area contributed by atoms with Gasteiger partial charge in [-0.05, 0) is 23.3 Å². The molecule has 30 heavy (non-hydrogen) atoms. The molecule has 0 saturated heterocycles. The maximum absolute atomic E-state index is 12.5. The number of nitrogens with zero attached hydrogens (tertiary/aromatic N) is 2. The maximum atomic E-state index is 12.5. The number of H-pyrrole nitrogens is 1. The highest BCUT2D eigenvalue weighted by atomic mass is 32.2. The summed E-state index contributed by atoms with van der Waals surface area (Å²) >= 11 is 1.29. The Bertz CT molecular complexity index is 1140. The minimum atomic E-state index is -0.102. The number of carbonyl (C=O) groups is 1. The van der Waals surface area contributed by atoms with E-state index in [1.54, 1.807) is 0 Å². The molecule has 5 nitrogen and oxygen atoms in total. The number of anilines is 1. The molecule has 0 fully saturated rings. The van der Waals surface area contributed by atoms with Gasteiger partial charge in [0, 0.05) is 11.3 Å². The van der Waals surface area contributed by atoms with E-state index in [2.05, 4.69) is 20.5 Å². The molecule has 0 bridgehead atoms. The molecule has 1 aromatic heterocycles. The van der Waals surface area contributed by atoms with Gasteiger partial charge in [0.1, 0.15) is 5.82 Å². The summed E-state index contributed by atoms with van der Waals surface area (Å²) < 4.78 is 0. The molecule has 0 aliphatic carbocycles. The summed E-state index contributed by atoms with van der Waals surface area (Å²) in [7, 11) is 0. The Kier molecular flexibility index (Phi) is 6.37. The molecule has 6 heteroatoms. The van der Waals surface area contributed by atoms with Crippen molar-refractivity contribution in [1.82, 2.24) is 15.2 Å². The zero-order valence-electron chi connectivity index (χ0n) is 16.2. The van der Waals surface area contributed by atoms with Crippen molar-refractivity contribution >= 4 is 35.5 Å². The van der Waals surface area contributed by atoms with E-state index < -0.39 is 0 Å². The zero-order valence-corrected chi connectivity index (χ0v) is 17.0. The molecule has 0 aliphatic rings. The van der Waals surface area contributed by atoms with E-state index in [9.17, 15) is 4.79 Å². The van der Waals surface area contributed by atoms with Crippen LogP contribution < -0.4 is 5.32 Å². The van der Waals surface area contributed by atoms with E-state index in [0.717, 1.165) is 22.4 Å². The maximum Gasteiger partial charge on any atom is 0.234 e. The van der Waals surface area contributed by atoms with Crippen LogP contribution >= 0.6 is 11.8 Å². The van der Waals surface area contributed by atoms with Gasteiger partial charge in [0.2, 0.25) is 11.1 Å². The van der Waals surface area contributed by atoms with Crippen molar-refractivity contribution in [3.8, 4) is 11.1 Å². The van der Waals surface area contributed by atoms with Gasteiger partial charge in [-0.2, -0.15) is 0 Å². The molecule has 0 radical (unpaired) electrons. The predicted octanol–water partition coefficient (Wildman–Crippen LogP) is 5.37. The van der Waals surface area contributed by atoms with Crippen LogP contribution in [0.25, 0.3) is 23.3 Å². The average molecular weight is 413 g/mol. The zero-order chi connectivity index (χ0) is 20.6. The normalized spacial score (nSPS) is 10.9. The first-order chi connectivity index (χ1) is 14.8. The number of aromatic nitrogens is 3. The highest BCUT2D eigenvalue weighted by molar-refractivity contribution is 7.99. The van der Waals surface area contributed by atoms with Crippen molar-refractivity contribution in [3.63, 3.8) is 0 Å². The first kappa shape index (κ1) is 19.7. The molecule has 1 amide bonds. The number of thioether (sulfide) groups is 1. The van der Waals surface area contributed by atoms with E-state index >= 15 is 0 Å². The van der Waals surface area contributed by atoms with Crippen LogP contribution in [-0.4, -0.2) is 26.8 Å². The number of rotatable bonds is 7. The highest BCUT2D eigenvalue weighted by Crippen LogP contribution is 2.27. The largest absolute Gasteiger partial charge is 0.325 e. The standard InChI is InChI=1S/C24H20N4OS/c29-23(25-21-14-8-7-13-20(21)19-11-5-2-6-12-19)17-30-24-26-22(27-28-24)16-15-18-9-3-1-4-10-18/h1-16H,17H2,(H,25,29)(H,26,27,28)/b16-15+. The van der Waals surface area contributed by atoms with Gasteiger partial charge in [0.15, 0.2) is 0 Å². The van der Waals surface area contributed by atoms with E-state index in [4.69, 9.17) is 0 Å².